The molecule has 0 amide bonds. The zero-order valence-electron chi connectivity index (χ0n) is 12.3. The molecule has 2 heterocycles. The number of H-pyrrole nitrogens is 1. The number of hydrogen-bond donors (Lipinski definition) is 2. The van der Waals surface area contributed by atoms with Gasteiger partial charge in [-0.25, -0.2) is 4.98 Å². The molecule has 5 nitrogen and oxygen atoms in total. The van der Waals surface area contributed by atoms with Crippen molar-refractivity contribution in [1.82, 2.24) is 9.97 Å². The minimum absolute atomic E-state index is 0.0830. The molecule has 0 radical (unpaired) electrons. The van der Waals surface area contributed by atoms with Gasteiger partial charge >= 0.3 is 0 Å². The Balaban J connectivity index is 1.87. The second-order valence-electron chi connectivity index (χ2n) is 5.64. The number of rotatable bonds is 4. The average molecular weight is 314 g/mol. The van der Waals surface area contributed by atoms with E-state index in [4.69, 9.17) is 0 Å². The van der Waals surface area contributed by atoms with Crippen LogP contribution >= 0.6 is 11.3 Å². The highest BCUT2D eigenvalue weighted by atomic mass is 32.1. The molecule has 114 valence electrons. The second kappa shape index (κ2) is 6.75. The summed E-state index contributed by atoms with van der Waals surface area (Å²) in [6.45, 7) is 0. The van der Waals surface area contributed by atoms with Gasteiger partial charge in [-0.2, -0.15) is 16.6 Å². The zero-order valence-corrected chi connectivity index (χ0v) is 13.1. The first-order valence-corrected chi connectivity index (χ1v) is 8.51. The molecular weight excluding hydrogens is 296 g/mol. The van der Waals surface area contributed by atoms with Crippen molar-refractivity contribution in [1.29, 1.82) is 5.26 Å². The maximum atomic E-state index is 12.1. The Kier molecular flexibility index (Phi) is 4.54. The van der Waals surface area contributed by atoms with Crippen molar-refractivity contribution in [3.05, 3.63) is 44.1 Å². The predicted octanol–water partition coefficient (Wildman–Crippen LogP) is 3.04. The van der Waals surface area contributed by atoms with Crippen molar-refractivity contribution in [2.75, 3.05) is 5.32 Å². The molecule has 22 heavy (non-hydrogen) atoms. The number of nitrogens with zero attached hydrogens (tertiary/aromatic N) is 2. The minimum Gasteiger partial charge on any atom is -0.366 e. The normalized spacial score (nSPS) is 15.4. The summed E-state index contributed by atoms with van der Waals surface area (Å²) in [5, 5.41) is 16.6. The van der Waals surface area contributed by atoms with Gasteiger partial charge in [0.05, 0.1) is 0 Å². The summed E-state index contributed by atoms with van der Waals surface area (Å²) < 4.78 is 0. The molecule has 1 aliphatic rings. The lowest BCUT2D eigenvalue weighted by atomic mass is 9.95. The molecule has 0 aromatic carbocycles. The number of aromatic nitrogens is 2. The van der Waals surface area contributed by atoms with Crippen LogP contribution in [0.25, 0.3) is 0 Å². The first-order chi connectivity index (χ1) is 10.8. The summed E-state index contributed by atoms with van der Waals surface area (Å²) in [5.41, 5.74) is 0.835. The van der Waals surface area contributed by atoms with Crippen molar-refractivity contribution in [2.24, 2.45) is 0 Å². The van der Waals surface area contributed by atoms with E-state index in [0.29, 0.717) is 24.1 Å². The molecule has 2 aromatic heterocycles. The number of nitrogens with one attached hydrogen (secondary N) is 2. The molecule has 6 heteroatoms. The number of anilines is 1. The lowest BCUT2D eigenvalue weighted by Crippen LogP contribution is -2.26. The first-order valence-electron chi connectivity index (χ1n) is 7.57. The fourth-order valence-electron chi connectivity index (χ4n) is 2.84. The standard InChI is InChI=1S/C16H18N4OS/c17-9-13-15(18-12-4-2-1-3-5-12)19-14(20-16(13)21)8-11-6-7-22-10-11/h6-7,10,12H,1-5,8H2,(H2,18,19,20,21). The van der Waals surface area contributed by atoms with Crippen LogP contribution in [0.3, 0.4) is 0 Å². The van der Waals surface area contributed by atoms with Gasteiger partial charge in [0.25, 0.3) is 5.56 Å². The SMILES string of the molecule is N#Cc1c(NC2CCCCC2)nc(Cc2ccsc2)[nH]c1=O. The van der Waals surface area contributed by atoms with E-state index in [1.54, 1.807) is 11.3 Å². The second-order valence-corrected chi connectivity index (χ2v) is 6.42. The molecule has 3 rings (SSSR count). The molecule has 0 unspecified atom stereocenters. The number of thiophene rings is 1. The van der Waals surface area contributed by atoms with Crippen LogP contribution in [0.4, 0.5) is 5.82 Å². The number of hydrogen-bond acceptors (Lipinski definition) is 5. The van der Waals surface area contributed by atoms with Crippen LogP contribution in [-0.2, 0) is 6.42 Å². The van der Waals surface area contributed by atoms with Gasteiger partial charge in [-0.05, 0) is 35.2 Å². The Hall–Kier alpha value is -2.13. The van der Waals surface area contributed by atoms with Crippen LogP contribution < -0.4 is 10.9 Å². The molecule has 2 N–H and O–H groups in total. The molecule has 0 atom stereocenters. The maximum absolute atomic E-state index is 12.1. The molecule has 0 saturated heterocycles. The maximum Gasteiger partial charge on any atom is 0.271 e. The highest BCUT2D eigenvalue weighted by Crippen LogP contribution is 2.22. The molecule has 2 aromatic rings. The fourth-order valence-corrected chi connectivity index (χ4v) is 3.51. The summed E-state index contributed by atoms with van der Waals surface area (Å²) >= 11 is 1.62. The topological polar surface area (TPSA) is 81.6 Å². The fraction of sp³-hybridized carbons (Fsp3) is 0.438. The molecule has 1 aliphatic carbocycles. The van der Waals surface area contributed by atoms with Gasteiger partial charge in [0.15, 0.2) is 11.4 Å². The van der Waals surface area contributed by atoms with Gasteiger partial charge in [-0.15, -0.1) is 0 Å². The molecule has 1 fully saturated rings. The van der Waals surface area contributed by atoms with Crippen LogP contribution in [-0.4, -0.2) is 16.0 Å². The summed E-state index contributed by atoms with van der Waals surface area (Å²) in [5.74, 6) is 1.03. The van der Waals surface area contributed by atoms with E-state index in [0.717, 1.165) is 18.4 Å². The molecule has 0 spiro atoms. The molecule has 1 saturated carbocycles. The van der Waals surface area contributed by atoms with Crippen LogP contribution in [0.2, 0.25) is 0 Å². The van der Waals surface area contributed by atoms with E-state index < -0.39 is 0 Å². The van der Waals surface area contributed by atoms with Gasteiger partial charge in [-0.3, -0.25) is 4.79 Å². The molecule has 0 bridgehead atoms. The largest absolute Gasteiger partial charge is 0.366 e. The Morgan fingerprint density at radius 2 is 2.23 bits per heavy atom. The first kappa shape index (κ1) is 14.8. The van der Waals surface area contributed by atoms with Gasteiger partial charge in [0.2, 0.25) is 0 Å². The molecule has 0 aliphatic heterocycles. The summed E-state index contributed by atoms with van der Waals surface area (Å²) in [6, 6.07) is 4.29. The van der Waals surface area contributed by atoms with Gasteiger partial charge in [0, 0.05) is 12.5 Å². The lowest BCUT2D eigenvalue weighted by Gasteiger charge is -2.23. The third-order valence-electron chi connectivity index (χ3n) is 3.98. The summed E-state index contributed by atoms with van der Waals surface area (Å²) in [4.78, 5) is 19.3. The Bertz CT molecular complexity index is 724. The van der Waals surface area contributed by atoms with E-state index in [-0.39, 0.29) is 11.1 Å². The minimum atomic E-state index is -0.360. The van der Waals surface area contributed by atoms with E-state index in [9.17, 15) is 10.1 Å². The average Bonchev–Trinajstić information content (AvgIpc) is 3.01. The summed E-state index contributed by atoms with van der Waals surface area (Å²) in [6.07, 6.45) is 6.34. The summed E-state index contributed by atoms with van der Waals surface area (Å²) in [7, 11) is 0. The Morgan fingerprint density at radius 1 is 1.41 bits per heavy atom. The monoisotopic (exact) mass is 314 g/mol. The Labute approximate surface area is 133 Å². The predicted molar refractivity (Wildman–Crippen MR) is 87.2 cm³/mol. The molecular formula is C16H18N4OS. The van der Waals surface area contributed by atoms with Crippen LogP contribution in [0.1, 0.15) is 49.1 Å². The van der Waals surface area contributed by atoms with E-state index >= 15 is 0 Å². The van der Waals surface area contributed by atoms with Crippen LogP contribution in [0.5, 0.6) is 0 Å². The zero-order chi connectivity index (χ0) is 15.4. The van der Waals surface area contributed by atoms with Crippen molar-refractivity contribution in [3.63, 3.8) is 0 Å². The Morgan fingerprint density at radius 3 is 2.91 bits per heavy atom. The lowest BCUT2D eigenvalue weighted by molar-refractivity contribution is 0.461. The van der Waals surface area contributed by atoms with Gasteiger partial charge < -0.3 is 10.3 Å². The van der Waals surface area contributed by atoms with E-state index in [2.05, 4.69) is 15.3 Å². The third kappa shape index (κ3) is 3.37. The van der Waals surface area contributed by atoms with Crippen molar-refractivity contribution >= 4 is 17.2 Å². The number of nitriles is 1. The highest BCUT2D eigenvalue weighted by molar-refractivity contribution is 7.07. The highest BCUT2D eigenvalue weighted by Gasteiger charge is 2.18. The van der Waals surface area contributed by atoms with Gasteiger partial charge in [0.1, 0.15) is 11.9 Å². The third-order valence-corrected chi connectivity index (χ3v) is 4.71. The quantitative estimate of drug-likeness (QED) is 0.909. The van der Waals surface area contributed by atoms with Crippen LogP contribution in [0, 0.1) is 11.3 Å². The smallest absolute Gasteiger partial charge is 0.271 e. The van der Waals surface area contributed by atoms with Gasteiger partial charge in [-0.1, -0.05) is 19.3 Å². The number of aromatic amines is 1. The van der Waals surface area contributed by atoms with Crippen molar-refractivity contribution < 1.29 is 0 Å². The van der Waals surface area contributed by atoms with Crippen molar-refractivity contribution in [2.45, 2.75) is 44.6 Å². The van der Waals surface area contributed by atoms with E-state index in [1.165, 1.54) is 19.3 Å². The van der Waals surface area contributed by atoms with E-state index in [1.807, 2.05) is 22.9 Å². The van der Waals surface area contributed by atoms with Crippen molar-refractivity contribution in [3.8, 4) is 6.07 Å². The van der Waals surface area contributed by atoms with Crippen LogP contribution in [0.15, 0.2) is 21.6 Å².